The van der Waals surface area contributed by atoms with Gasteiger partial charge in [-0.1, -0.05) is 41.6 Å². The number of benzene rings is 2. The van der Waals surface area contributed by atoms with Gasteiger partial charge in [0.1, 0.15) is 5.52 Å². The highest BCUT2D eigenvalue weighted by Crippen LogP contribution is 2.18. The monoisotopic (exact) mass is 336 g/mol. The van der Waals surface area contributed by atoms with E-state index >= 15 is 0 Å². The van der Waals surface area contributed by atoms with Crippen LogP contribution >= 0.6 is 0 Å². The second-order valence-corrected chi connectivity index (χ2v) is 6.50. The van der Waals surface area contributed by atoms with Crippen molar-refractivity contribution in [2.24, 2.45) is 0 Å². The van der Waals surface area contributed by atoms with Crippen LogP contribution in [0.5, 0.6) is 0 Å². The first-order chi connectivity index (χ1) is 12.2. The van der Waals surface area contributed by atoms with Crippen LogP contribution < -0.4 is 5.56 Å². The summed E-state index contributed by atoms with van der Waals surface area (Å²) in [4.78, 5) is 14.7. The highest BCUT2D eigenvalue weighted by Gasteiger charge is 2.19. The summed E-state index contributed by atoms with van der Waals surface area (Å²) in [6.45, 7) is 2.39. The second kappa shape index (κ2) is 6.74. The van der Waals surface area contributed by atoms with E-state index < -0.39 is 6.10 Å². The lowest BCUT2D eigenvalue weighted by atomic mass is 10.00. The molecule has 1 N–H and O–H groups in total. The standard InChI is InChI=1S/C19H20N4O2/c24-16(12-22-10-9-14-5-1-2-6-15(14)11-22)13-23-19(25)17-7-3-4-8-18(17)20-21-23/h1-8,16,24H,9-13H2/t16-/m0/s1. The van der Waals surface area contributed by atoms with Crippen molar-refractivity contribution in [2.45, 2.75) is 25.6 Å². The summed E-state index contributed by atoms with van der Waals surface area (Å²) < 4.78 is 1.25. The van der Waals surface area contributed by atoms with Gasteiger partial charge in [0.25, 0.3) is 5.56 Å². The first-order valence-electron chi connectivity index (χ1n) is 8.50. The Morgan fingerprint density at radius 2 is 1.80 bits per heavy atom. The average Bonchev–Trinajstić information content (AvgIpc) is 2.64. The maximum Gasteiger partial charge on any atom is 0.277 e. The predicted octanol–water partition coefficient (Wildman–Crippen LogP) is 1.21. The molecule has 2 heterocycles. The second-order valence-electron chi connectivity index (χ2n) is 6.50. The molecule has 6 nitrogen and oxygen atoms in total. The summed E-state index contributed by atoms with van der Waals surface area (Å²) in [5.41, 5.74) is 3.05. The third-order valence-corrected chi connectivity index (χ3v) is 4.69. The predicted molar refractivity (Wildman–Crippen MR) is 95.2 cm³/mol. The number of β-amino-alcohol motifs (C(OH)–C–C–N with tert-alkyl or cyclic N) is 1. The van der Waals surface area contributed by atoms with Gasteiger partial charge in [-0.25, -0.2) is 4.68 Å². The molecule has 0 radical (unpaired) electrons. The van der Waals surface area contributed by atoms with E-state index in [4.69, 9.17) is 0 Å². The van der Waals surface area contributed by atoms with Crippen LogP contribution in [0.15, 0.2) is 53.3 Å². The topological polar surface area (TPSA) is 71.2 Å². The van der Waals surface area contributed by atoms with Crippen LogP contribution in [0.1, 0.15) is 11.1 Å². The Labute approximate surface area is 145 Å². The van der Waals surface area contributed by atoms with E-state index in [9.17, 15) is 9.90 Å². The Morgan fingerprint density at radius 1 is 1.04 bits per heavy atom. The van der Waals surface area contributed by atoms with E-state index in [-0.39, 0.29) is 12.1 Å². The summed E-state index contributed by atoms with van der Waals surface area (Å²) >= 11 is 0. The zero-order chi connectivity index (χ0) is 17.2. The van der Waals surface area contributed by atoms with Gasteiger partial charge in [-0.3, -0.25) is 9.69 Å². The van der Waals surface area contributed by atoms with Gasteiger partial charge in [-0.2, -0.15) is 0 Å². The molecule has 0 saturated carbocycles. The summed E-state index contributed by atoms with van der Waals surface area (Å²) in [6, 6.07) is 15.5. The fraction of sp³-hybridized carbons (Fsp3) is 0.316. The summed E-state index contributed by atoms with van der Waals surface area (Å²) in [5.74, 6) is 0. The molecular weight excluding hydrogens is 316 g/mol. The van der Waals surface area contributed by atoms with Crippen molar-refractivity contribution >= 4 is 10.9 Å². The molecular formula is C19H20N4O2. The molecule has 0 aliphatic carbocycles. The first kappa shape index (κ1) is 15.9. The van der Waals surface area contributed by atoms with Gasteiger partial charge in [0.05, 0.1) is 18.0 Å². The molecule has 4 rings (SSSR count). The summed E-state index contributed by atoms with van der Waals surface area (Å²) in [5, 5.41) is 19.0. The summed E-state index contributed by atoms with van der Waals surface area (Å²) in [7, 11) is 0. The lowest BCUT2D eigenvalue weighted by Gasteiger charge is -2.30. The third-order valence-electron chi connectivity index (χ3n) is 4.69. The van der Waals surface area contributed by atoms with Crippen LogP contribution in [0, 0.1) is 0 Å². The Balaban J connectivity index is 1.45. The lowest BCUT2D eigenvalue weighted by molar-refractivity contribution is 0.0870. The number of aromatic nitrogens is 3. The average molecular weight is 336 g/mol. The number of rotatable bonds is 4. The molecule has 128 valence electrons. The molecule has 0 unspecified atom stereocenters. The Morgan fingerprint density at radius 3 is 2.68 bits per heavy atom. The fourth-order valence-electron chi connectivity index (χ4n) is 3.41. The van der Waals surface area contributed by atoms with Crippen LogP contribution in [0.2, 0.25) is 0 Å². The van der Waals surface area contributed by atoms with Crippen LogP contribution in [-0.2, 0) is 19.5 Å². The van der Waals surface area contributed by atoms with Crippen LogP contribution in [0.4, 0.5) is 0 Å². The van der Waals surface area contributed by atoms with Crippen molar-refractivity contribution in [1.82, 2.24) is 19.9 Å². The molecule has 25 heavy (non-hydrogen) atoms. The number of fused-ring (bicyclic) bond motifs is 2. The minimum absolute atomic E-state index is 0.148. The van der Waals surface area contributed by atoms with Crippen LogP contribution in [0.3, 0.4) is 0 Å². The Bertz CT molecular complexity index is 953. The van der Waals surface area contributed by atoms with Gasteiger partial charge in [0.15, 0.2) is 0 Å². The number of nitrogens with zero attached hydrogens (tertiary/aromatic N) is 4. The van der Waals surface area contributed by atoms with Crippen molar-refractivity contribution in [2.75, 3.05) is 13.1 Å². The fourth-order valence-corrected chi connectivity index (χ4v) is 3.41. The van der Waals surface area contributed by atoms with Crippen molar-refractivity contribution in [3.63, 3.8) is 0 Å². The van der Waals surface area contributed by atoms with E-state index in [0.29, 0.717) is 17.4 Å². The van der Waals surface area contributed by atoms with Crippen molar-refractivity contribution in [1.29, 1.82) is 0 Å². The number of hydrogen-bond donors (Lipinski definition) is 1. The maximum atomic E-state index is 12.5. The quantitative estimate of drug-likeness (QED) is 0.775. The van der Waals surface area contributed by atoms with Gasteiger partial charge >= 0.3 is 0 Å². The van der Waals surface area contributed by atoms with E-state index in [0.717, 1.165) is 19.5 Å². The molecule has 0 fully saturated rings. The molecule has 1 aromatic heterocycles. The SMILES string of the molecule is O=c1c2ccccc2nnn1C[C@@H](O)CN1CCc2ccccc2C1. The van der Waals surface area contributed by atoms with Crippen molar-refractivity contribution in [3.8, 4) is 0 Å². The normalized spacial score (nSPS) is 15.9. The van der Waals surface area contributed by atoms with E-state index in [1.165, 1.54) is 15.8 Å². The van der Waals surface area contributed by atoms with E-state index in [2.05, 4.69) is 33.4 Å². The summed E-state index contributed by atoms with van der Waals surface area (Å²) in [6.07, 6.45) is 0.317. The molecule has 6 heteroatoms. The highest BCUT2D eigenvalue weighted by molar-refractivity contribution is 5.76. The zero-order valence-corrected chi connectivity index (χ0v) is 13.9. The third kappa shape index (κ3) is 3.31. The molecule has 0 spiro atoms. The highest BCUT2D eigenvalue weighted by atomic mass is 16.3. The molecule has 0 bridgehead atoms. The van der Waals surface area contributed by atoms with Crippen molar-refractivity contribution in [3.05, 3.63) is 70.0 Å². The van der Waals surface area contributed by atoms with Crippen molar-refractivity contribution < 1.29 is 5.11 Å². The molecule has 1 aliphatic rings. The Kier molecular flexibility index (Phi) is 4.29. The molecule has 0 saturated heterocycles. The van der Waals surface area contributed by atoms with Crippen LogP contribution in [0.25, 0.3) is 10.9 Å². The van der Waals surface area contributed by atoms with Gasteiger partial charge < -0.3 is 5.11 Å². The molecule has 3 aromatic rings. The van der Waals surface area contributed by atoms with Gasteiger partial charge in [0, 0.05) is 19.6 Å². The van der Waals surface area contributed by atoms with Gasteiger partial charge in [0.2, 0.25) is 0 Å². The lowest BCUT2D eigenvalue weighted by Crippen LogP contribution is -2.40. The zero-order valence-electron chi connectivity index (χ0n) is 13.9. The van der Waals surface area contributed by atoms with E-state index in [1.807, 2.05) is 12.1 Å². The maximum absolute atomic E-state index is 12.5. The Hall–Kier alpha value is -2.57. The first-order valence-corrected chi connectivity index (χ1v) is 8.50. The number of aliphatic hydroxyl groups excluding tert-OH is 1. The van der Waals surface area contributed by atoms with E-state index in [1.54, 1.807) is 18.2 Å². The van der Waals surface area contributed by atoms with Crippen LogP contribution in [-0.4, -0.2) is 44.2 Å². The number of aliphatic hydroxyl groups is 1. The number of hydrogen-bond acceptors (Lipinski definition) is 5. The molecule has 2 aromatic carbocycles. The molecule has 1 aliphatic heterocycles. The minimum Gasteiger partial charge on any atom is -0.390 e. The smallest absolute Gasteiger partial charge is 0.277 e. The molecule has 1 atom stereocenters. The minimum atomic E-state index is -0.668. The van der Waals surface area contributed by atoms with Gasteiger partial charge in [-0.05, 0) is 29.7 Å². The largest absolute Gasteiger partial charge is 0.390 e. The van der Waals surface area contributed by atoms with Gasteiger partial charge in [-0.15, -0.1) is 5.10 Å². The molecule has 0 amide bonds.